The van der Waals surface area contributed by atoms with Gasteiger partial charge in [0.2, 0.25) is 0 Å². The zero-order valence-corrected chi connectivity index (χ0v) is 36.6. The molecule has 0 saturated heterocycles. The molecule has 12 rings (SSSR count). The number of rotatable bonds is 9. The first-order valence-electron chi connectivity index (χ1n) is 23.0. The normalized spacial score (nSPS) is 13.2. The molecule has 10 aromatic carbocycles. The van der Waals surface area contributed by atoms with Gasteiger partial charge in [0.1, 0.15) is 0 Å². The molecule has 1 atom stereocenters. The second-order valence-electron chi connectivity index (χ2n) is 17.3. The molecule has 11 aromatic rings. The van der Waals surface area contributed by atoms with E-state index in [1.54, 1.807) is 0 Å². The average molecular weight is 846 g/mol. The molecule has 0 aliphatic heterocycles. The highest BCUT2D eigenvalue weighted by atomic mass is 15.1. The highest BCUT2D eigenvalue weighted by Crippen LogP contribution is 2.46. The average Bonchev–Trinajstić information content (AvgIpc) is 3.62. The maximum absolute atomic E-state index is 2.45. The fraction of sp³-hybridized carbons (Fsp3) is 0.0476. The summed E-state index contributed by atoms with van der Waals surface area (Å²) < 4.78 is 2.37. The molecule has 1 heterocycles. The molecule has 1 unspecified atom stereocenters. The highest BCUT2D eigenvalue weighted by molar-refractivity contribution is 6.10. The smallest absolute Gasteiger partial charge is 0.0542 e. The van der Waals surface area contributed by atoms with Gasteiger partial charge in [-0.15, -0.1) is 0 Å². The predicted molar refractivity (Wildman–Crippen MR) is 278 cm³/mol. The number of nitrogens with zero attached hydrogens (tertiary/aromatic N) is 3. The summed E-state index contributed by atoms with van der Waals surface area (Å²) in [5, 5.41) is 2.46. The Balaban J connectivity index is 0.898. The maximum Gasteiger partial charge on any atom is 0.0542 e. The topological polar surface area (TPSA) is 11.4 Å². The standard InChI is InChI=1S/C63H47N3/c1-5-17-47(18-6-1)57-40-33-48-19-13-14-26-56(48)58-41-38-54(43-60(57)58)64(49-20-7-2-8-21-49)52-34-29-45(30-35-52)46-31-36-53(37-32-46)65(50-22-9-3-10-23-50)55-39-42-63-61(44-55)59-27-15-16-28-62(59)66(63)51-24-11-4-12-25-51/h1-32,34-39,41-44,57H,33,40H2. The van der Waals surface area contributed by atoms with Gasteiger partial charge in [-0.05, 0) is 149 Å². The number of hydrogen-bond donors (Lipinski definition) is 0. The Kier molecular flexibility index (Phi) is 10.1. The van der Waals surface area contributed by atoms with Crippen molar-refractivity contribution in [2.24, 2.45) is 0 Å². The Morgan fingerprint density at radius 1 is 0.348 bits per heavy atom. The Morgan fingerprint density at radius 3 is 1.48 bits per heavy atom. The van der Waals surface area contributed by atoms with Crippen LogP contribution < -0.4 is 9.80 Å². The molecule has 0 spiro atoms. The fourth-order valence-electron chi connectivity index (χ4n) is 10.3. The van der Waals surface area contributed by atoms with Crippen molar-refractivity contribution in [3.8, 4) is 27.9 Å². The van der Waals surface area contributed by atoms with Gasteiger partial charge in [-0.3, -0.25) is 0 Å². The third-order valence-corrected chi connectivity index (χ3v) is 13.4. The van der Waals surface area contributed by atoms with Gasteiger partial charge >= 0.3 is 0 Å². The Bertz CT molecular complexity index is 3450. The van der Waals surface area contributed by atoms with E-state index in [0.717, 1.165) is 52.7 Å². The fourth-order valence-corrected chi connectivity index (χ4v) is 10.3. The van der Waals surface area contributed by atoms with Gasteiger partial charge in [0.15, 0.2) is 0 Å². The monoisotopic (exact) mass is 845 g/mol. The lowest BCUT2D eigenvalue weighted by atomic mass is 9.85. The molecule has 0 bridgehead atoms. The minimum atomic E-state index is 0.291. The molecule has 3 nitrogen and oxygen atoms in total. The van der Waals surface area contributed by atoms with Gasteiger partial charge in [0, 0.05) is 56.5 Å². The van der Waals surface area contributed by atoms with Crippen LogP contribution in [0, 0.1) is 0 Å². The summed E-state index contributed by atoms with van der Waals surface area (Å²) in [5.74, 6) is 0.291. The number of aryl methyl sites for hydroxylation is 1. The van der Waals surface area contributed by atoms with E-state index in [9.17, 15) is 0 Å². The molecule has 0 radical (unpaired) electrons. The number of aromatic nitrogens is 1. The molecular weight excluding hydrogens is 799 g/mol. The van der Waals surface area contributed by atoms with Crippen molar-refractivity contribution in [2.45, 2.75) is 18.8 Å². The van der Waals surface area contributed by atoms with Crippen molar-refractivity contribution < 1.29 is 0 Å². The third-order valence-electron chi connectivity index (χ3n) is 13.4. The van der Waals surface area contributed by atoms with E-state index < -0.39 is 0 Å². The minimum Gasteiger partial charge on any atom is -0.310 e. The maximum atomic E-state index is 2.45. The van der Waals surface area contributed by atoms with Crippen LogP contribution in [-0.2, 0) is 6.42 Å². The summed E-state index contributed by atoms with van der Waals surface area (Å²) in [6.45, 7) is 0. The molecule has 0 amide bonds. The Morgan fingerprint density at radius 2 is 0.833 bits per heavy atom. The SMILES string of the molecule is c1ccc(C2CCc3ccccc3-c3ccc(N(c4ccccc4)c4ccc(-c5ccc(N(c6ccccc6)c6ccc7c(c6)c6ccccc6n7-c6ccccc6)cc5)cc4)cc32)cc1. The Labute approximate surface area is 386 Å². The lowest BCUT2D eigenvalue weighted by Crippen LogP contribution is -2.11. The summed E-state index contributed by atoms with van der Waals surface area (Å²) in [5.41, 5.74) is 19.4. The molecule has 66 heavy (non-hydrogen) atoms. The van der Waals surface area contributed by atoms with Gasteiger partial charge < -0.3 is 14.4 Å². The van der Waals surface area contributed by atoms with Crippen LogP contribution >= 0.6 is 0 Å². The first-order chi connectivity index (χ1) is 32.7. The van der Waals surface area contributed by atoms with Gasteiger partial charge in [-0.2, -0.15) is 0 Å². The number of hydrogen-bond acceptors (Lipinski definition) is 2. The van der Waals surface area contributed by atoms with Crippen LogP contribution in [-0.4, -0.2) is 4.57 Å². The summed E-state index contributed by atoms with van der Waals surface area (Å²) >= 11 is 0. The zero-order valence-electron chi connectivity index (χ0n) is 36.6. The van der Waals surface area contributed by atoms with Crippen LogP contribution in [0.25, 0.3) is 49.7 Å². The van der Waals surface area contributed by atoms with Crippen LogP contribution in [0.2, 0.25) is 0 Å². The molecule has 3 heteroatoms. The number of para-hydroxylation sites is 4. The van der Waals surface area contributed by atoms with E-state index in [1.165, 1.54) is 60.8 Å². The van der Waals surface area contributed by atoms with E-state index >= 15 is 0 Å². The highest BCUT2D eigenvalue weighted by Gasteiger charge is 2.26. The van der Waals surface area contributed by atoms with Crippen LogP contribution in [0.4, 0.5) is 34.1 Å². The van der Waals surface area contributed by atoms with E-state index in [2.05, 4.69) is 269 Å². The summed E-state index contributed by atoms with van der Waals surface area (Å²) in [6, 6.07) is 92.9. The van der Waals surface area contributed by atoms with Crippen LogP contribution in [0.15, 0.2) is 255 Å². The largest absolute Gasteiger partial charge is 0.310 e. The molecule has 1 aliphatic carbocycles. The lowest BCUT2D eigenvalue weighted by molar-refractivity contribution is 0.726. The van der Waals surface area contributed by atoms with E-state index in [1.807, 2.05) is 0 Å². The van der Waals surface area contributed by atoms with Crippen molar-refractivity contribution >= 4 is 55.9 Å². The van der Waals surface area contributed by atoms with Crippen molar-refractivity contribution in [2.75, 3.05) is 9.80 Å². The van der Waals surface area contributed by atoms with Gasteiger partial charge in [0.25, 0.3) is 0 Å². The molecule has 314 valence electrons. The zero-order chi connectivity index (χ0) is 43.8. The van der Waals surface area contributed by atoms with E-state index in [4.69, 9.17) is 0 Å². The van der Waals surface area contributed by atoms with Crippen molar-refractivity contribution in [3.05, 3.63) is 271 Å². The summed E-state index contributed by atoms with van der Waals surface area (Å²) in [4.78, 5) is 4.76. The minimum absolute atomic E-state index is 0.291. The molecular formula is C63H47N3. The molecule has 0 N–H and O–H groups in total. The van der Waals surface area contributed by atoms with Crippen LogP contribution in [0.1, 0.15) is 29.0 Å². The van der Waals surface area contributed by atoms with E-state index in [-0.39, 0.29) is 0 Å². The number of benzene rings is 10. The van der Waals surface area contributed by atoms with Crippen molar-refractivity contribution in [1.82, 2.24) is 4.57 Å². The van der Waals surface area contributed by atoms with Gasteiger partial charge in [0.05, 0.1) is 11.0 Å². The molecule has 0 fully saturated rings. The van der Waals surface area contributed by atoms with Crippen molar-refractivity contribution in [1.29, 1.82) is 0 Å². The molecule has 1 aromatic heterocycles. The predicted octanol–water partition coefficient (Wildman–Crippen LogP) is 17.1. The number of anilines is 6. The second kappa shape index (κ2) is 17.0. The molecule has 0 saturated carbocycles. The van der Waals surface area contributed by atoms with E-state index in [0.29, 0.717) is 5.92 Å². The van der Waals surface area contributed by atoms with Gasteiger partial charge in [-0.25, -0.2) is 0 Å². The quantitative estimate of drug-likeness (QED) is 0.143. The summed E-state index contributed by atoms with van der Waals surface area (Å²) in [7, 11) is 0. The first kappa shape index (κ1) is 39.2. The first-order valence-corrected chi connectivity index (χ1v) is 23.0. The number of fused-ring (bicyclic) bond motifs is 6. The van der Waals surface area contributed by atoms with Crippen molar-refractivity contribution in [3.63, 3.8) is 0 Å². The third kappa shape index (κ3) is 7.12. The van der Waals surface area contributed by atoms with Gasteiger partial charge in [-0.1, -0.05) is 158 Å². The molecule has 1 aliphatic rings. The summed E-state index contributed by atoms with van der Waals surface area (Å²) in [6.07, 6.45) is 2.11. The van der Waals surface area contributed by atoms with Crippen LogP contribution in [0.3, 0.4) is 0 Å². The van der Waals surface area contributed by atoms with Crippen LogP contribution in [0.5, 0.6) is 0 Å². The lowest BCUT2D eigenvalue weighted by Gasteiger charge is -2.28. The Hall–Kier alpha value is -8.40. The second-order valence-corrected chi connectivity index (χ2v) is 17.3.